The zero-order chi connectivity index (χ0) is 12.9. The van der Waals surface area contributed by atoms with Gasteiger partial charge in [0, 0.05) is 11.8 Å². The van der Waals surface area contributed by atoms with Crippen molar-refractivity contribution in [3.8, 4) is 0 Å². The number of carboxylic acid groups (broad SMARTS) is 2. The van der Waals surface area contributed by atoms with Crippen molar-refractivity contribution in [3.05, 3.63) is 0 Å². The molecule has 0 saturated heterocycles. The Bertz CT molecular complexity index is 256. The zero-order valence-electron chi connectivity index (χ0n) is 9.38. The van der Waals surface area contributed by atoms with Gasteiger partial charge in [0.2, 0.25) is 0 Å². The molecule has 2 atom stereocenters. The fraction of sp³-hybridized carbons (Fsp3) is 0.800. The first-order chi connectivity index (χ1) is 7.22. The molecule has 0 aliphatic rings. The molecule has 0 rings (SSSR count). The fourth-order valence-electron chi connectivity index (χ4n) is 1.77. The summed E-state index contributed by atoms with van der Waals surface area (Å²) in [5, 5.41) is 36.5. The Labute approximate surface area is 130 Å². The minimum absolute atomic E-state index is 0. The van der Waals surface area contributed by atoms with Crippen LogP contribution >= 0.6 is 0 Å². The summed E-state index contributed by atoms with van der Waals surface area (Å²) in [6.45, 7) is 2.72. The van der Waals surface area contributed by atoms with Crippen molar-refractivity contribution in [2.75, 3.05) is 0 Å². The number of aliphatic carboxylic acids is 2. The van der Waals surface area contributed by atoms with Gasteiger partial charge >= 0.3 is 49.7 Å². The molecule has 0 amide bonds. The Morgan fingerprint density at radius 3 is 1.71 bits per heavy atom. The summed E-state index contributed by atoms with van der Waals surface area (Å²) in [7, 11) is 0. The SMILES string of the molecule is CC(O)C(CCC(=O)O)(CC(=O)O)C(C)O.[CaH2]. The van der Waals surface area contributed by atoms with E-state index < -0.39 is 36.0 Å². The van der Waals surface area contributed by atoms with E-state index in [-0.39, 0.29) is 50.6 Å². The molecule has 0 heterocycles. The van der Waals surface area contributed by atoms with Crippen LogP contribution in [0.25, 0.3) is 0 Å². The molecule has 0 radical (unpaired) electrons. The Kier molecular flexibility index (Phi) is 9.46. The second kappa shape index (κ2) is 8.26. The number of rotatable bonds is 7. The van der Waals surface area contributed by atoms with Gasteiger partial charge in [-0.3, -0.25) is 9.59 Å². The zero-order valence-corrected chi connectivity index (χ0v) is 9.38. The summed E-state index contributed by atoms with van der Waals surface area (Å²) in [5.74, 6) is -2.26. The molecule has 0 fully saturated rings. The molecular formula is C10H20CaO6. The number of aliphatic hydroxyl groups excluding tert-OH is 2. The van der Waals surface area contributed by atoms with Crippen molar-refractivity contribution >= 4 is 49.7 Å². The van der Waals surface area contributed by atoms with Crippen molar-refractivity contribution in [2.24, 2.45) is 5.41 Å². The number of hydrogen-bond donors (Lipinski definition) is 4. The van der Waals surface area contributed by atoms with Gasteiger partial charge in [-0.05, 0) is 20.3 Å². The van der Waals surface area contributed by atoms with Gasteiger partial charge in [-0.15, -0.1) is 0 Å². The standard InChI is InChI=1S/C10H18O6.Ca.2H/c1-6(11)10(7(2)12,5-9(15)16)4-3-8(13)14;;;/h6-7,11-12H,3-5H2,1-2H3,(H,13,14)(H,15,16);;;. The molecule has 4 N–H and O–H groups in total. The third-order valence-electron chi connectivity index (χ3n) is 2.95. The van der Waals surface area contributed by atoms with E-state index in [1.807, 2.05) is 0 Å². The molecule has 0 aromatic rings. The van der Waals surface area contributed by atoms with Crippen LogP contribution in [-0.4, -0.2) is 82.3 Å². The first-order valence-corrected chi connectivity index (χ1v) is 5.02. The number of hydrogen-bond acceptors (Lipinski definition) is 4. The number of carbonyl (C=O) groups is 2. The molecule has 2 unspecified atom stereocenters. The maximum absolute atomic E-state index is 10.7. The van der Waals surface area contributed by atoms with E-state index in [4.69, 9.17) is 10.2 Å². The van der Waals surface area contributed by atoms with E-state index in [0.29, 0.717) is 0 Å². The maximum atomic E-state index is 10.7. The normalized spacial score (nSPS) is 17.4. The summed E-state index contributed by atoms with van der Waals surface area (Å²) in [6, 6.07) is 0. The van der Waals surface area contributed by atoms with E-state index in [1.54, 1.807) is 0 Å². The third kappa shape index (κ3) is 6.01. The molecule has 0 aromatic carbocycles. The summed E-state index contributed by atoms with van der Waals surface area (Å²) in [6.07, 6.45) is -3.02. The molecule has 98 valence electrons. The average molecular weight is 276 g/mol. The molecule has 0 aliphatic heterocycles. The van der Waals surface area contributed by atoms with Gasteiger partial charge < -0.3 is 20.4 Å². The quantitative estimate of drug-likeness (QED) is 0.451. The van der Waals surface area contributed by atoms with Crippen LogP contribution in [0.1, 0.15) is 33.1 Å². The Hall–Kier alpha value is 0.120. The average Bonchev–Trinajstić information content (AvgIpc) is 2.10. The first-order valence-electron chi connectivity index (χ1n) is 5.02. The summed E-state index contributed by atoms with van der Waals surface area (Å²) < 4.78 is 0. The molecule has 7 heteroatoms. The molecule has 6 nitrogen and oxygen atoms in total. The second-order valence-corrected chi connectivity index (χ2v) is 4.05. The van der Waals surface area contributed by atoms with Crippen LogP contribution in [0, 0.1) is 5.41 Å². The summed E-state index contributed by atoms with van der Waals surface area (Å²) in [4.78, 5) is 21.2. The predicted molar refractivity (Wildman–Crippen MR) is 63.5 cm³/mol. The molecule has 17 heavy (non-hydrogen) atoms. The van der Waals surface area contributed by atoms with Gasteiger partial charge in [-0.1, -0.05) is 0 Å². The predicted octanol–water partition coefficient (Wildman–Crippen LogP) is -0.842. The Balaban J connectivity index is 0. The van der Waals surface area contributed by atoms with Crippen LogP contribution in [-0.2, 0) is 9.59 Å². The monoisotopic (exact) mass is 276 g/mol. The van der Waals surface area contributed by atoms with E-state index in [2.05, 4.69) is 0 Å². The van der Waals surface area contributed by atoms with Crippen molar-refractivity contribution in [1.82, 2.24) is 0 Å². The topological polar surface area (TPSA) is 115 Å². The minimum atomic E-state index is -1.32. The van der Waals surface area contributed by atoms with Gasteiger partial charge in [-0.2, -0.15) is 0 Å². The molecule has 0 aromatic heterocycles. The van der Waals surface area contributed by atoms with Crippen LogP contribution in [0.5, 0.6) is 0 Å². The van der Waals surface area contributed by atoms with Gasteiger partial charge in [0.1, 0.15) is 0 Å². The van der Waals surface area contributed by atoms with Crippen molar-refractivity contribution in [2.45, 2.75) is 45.3 Å². The Morgan fingerprint density at radius 2 is 1.47 bits per heavy atom. The van der Waals surface area contributed by atoms with Gasteiger partial charge in [0.25, 0.3) is 0 Å². The number of aliphatic hydroxyl groups is 2. The molecule has 0 spiro atoms. The van der Waals surface area contributed by atoms with Crippen molar-refractivity contribution in [3.63, 3.8) is 0 Å². The van der Waals surface area contributed by atoms with Crippen LogP contribution < -0.4 is 0 Å². The molecular weight excluding hydrogens is 256 g/mol. The van der Waals surface area contributed by atoms with E-state index in [9.17, 15) is 19.8 Å². The van der Waals surface area contributed by atoms with Crippen LogP contribution in [0.4, 0.5) is 0 Å². The van der Waals surface area contributed by atoms with E-state index in [0.717, 1.165) is 0 Å². The number of carboxylic acids is 2. The molecule has 0 saturated carbocycles. The van der Waals surface area contributed by atoms with Gasteiger partial charge in [-0.25, -0.2) is 0 Å². The third-order valence-corrected chi connectivity index (χ3v) is 2.95. The Morgan fingerprint density at radius 1 is 1.06 bits per heavy atom. The van der Waals surface area contributed by atoms with Crippen LogP contribution in [0.2, 0.25) is 0 Å². The van der Waals surface area contributed by atoms with Gasteiger partial charge in [0.05, 0.1) is 18.6 Å². The van der Waals surface area contributed by atoms with E-state index >= 15 is 0 Å². The van der Waals surface area contributed by atoms with Crippen LogP contribution in [0.3, 0.4) is 0 Å². The van der Waals surface area contributed by atoms with Gasteiger partial charge in [0.15, 0.2) is 0 Å². The van der Waals surface area contributed by atoms with Crippen molar-refractivity contribution < 1.29 is 30.0 Å². The second-order valence-electron chi connectivity index (χ2n) is 4.05. The van der Waals surface area contributed by atoms with Crippen LogP contribution in [0.15, 0.2) is 0 Å². The van der Waals surface area contributed by atoms with E-state index in [1.165, 1.54) is 13.8 Å². The molecule has 0 aliphatic carbocycles. The first kappa shape index (κ1) is 19.5. The summed E-state index contributed by atoms with van der Waals surface area (Å²) in [5.41, 5.74) is -1.32. The van der Waals surface area contributed by atoms with Crippen molar-refractivity contribution in [1.29, 1.82) is 0 Å². The fourth-order valence-corrected chi connectivity index (χ4v) is 1.77. The summed E-state index contributed by atoms with van der Waals surface area (Å²) >= 11 is 0. The molecule has 0 bridgehead atoms.